The Hall–Kier alpha value is -3.13. The lowest BCUT2D eigenvalue weighted by atomic mass is 10.1. The third kappa shape index (κ3) is 3.63. The number of anilines is 2. The van der Waals surface area contributed by atoms with Crippen molar-refractivity contribution in [3.05, 3.63) is 66.1 Å². The zero-order valence-corrected chi connectivity index (χ0v) is 16.0. The fraction of sp³-hybridized carbons (Fsp3) is 0.200. The maximum absolute atomic E-state index is 12.5. The Morgan fingerprint density at radius 2 is 1.89 bits per heavy atom. The van der Waals surface area contributed by atoms with Crippen LogP contribution in [0, 0.1) is 0 Å². The molecule has 0 bridgehead atoms. The summed E-state index contributed by atoms with van der Waals surface area (Å²) < 4.78 is 5.63. The fourth-order valence-corrected chi connectivity index (χ4v) is 3.77. The molecular formula is C20H18N4O3S. The molecule has 0 unspecified atom stereocenters. The van der Waals surface area contributed by atoms with Crippen LogP contribution < -0.4 is 10.2 Å². The molecule has 1 N–H and O–H groups in total. The molecule has 1 aliphatic rings. The van der Waals surface area contributed by atoms with Crippen molar-refractivity contribution in [2.24, 2.45) is 0 Å². The smallest absolute Gasteiger partial charge is 0.322 e. The van der Waals surface area contributed by atoms with Gasteiger partial charge in [-0.1, -0.05) is 35.4 Å². The molecule has 7 nitrogen and oxygen atoms in total. The van der Waals surface area contributed by atoms with E-state index in [1.807, 2.05) is 48.7 Å². The normalized spacial score (nSPS) is 16.4. The molecule has 1 saturated heterocycles. The number of hydrogen-bond donors (Lipinski definition) is 1. The molecule has 1 fully saturated rings. The van der Waals surface area contributed by atoms with Crippen molar-refractivity contribution >= 4 is 35.3 Å². The third-order valence-electron chi connectivity index (χ3n) is 4.55. The van der Waals surface area contributed by atoms with Crippen LogP contribution in [-0.2, 0) is 4.79 Å². The Kier molecular flexibility index (Phi) is 5.12. The lowest BCUT2D eigenvalue weighted by Crippen LogP contribution is -2.24. The van der Waals surface area contributed by atoms with Gasteiger partial charge in [0, 0.05) is 23.5 Å². The SMILES string of the molecule is CSc1ccccc1C(=O)Nc1nnc([C@H]2CC(=O)N(c3ccccc3)C2)o1. The number of amides is 2. The predicted octanol–water partition coefficient (Wildman–Crippen LogP) is 3.56. The summed E-state index contributed by atoms with van der Waals surface area (Å²) in [6, 6.07) is 16.8. The Balaban J connectivity index is 1.46. The summed E-state index contributed by atoms with van der Waals surface area (Å²) in [5.41, 5.74) is 1.39. The minimum atomic E-state index is -0.312. The molecule has 0 spiro atoms. The second kappa shape index (κ2) is 7.85. The maximum atomic E-state index is 12.5. The number of aromatic nitrogens is 2. The molecule has 0 radical (unpaired) electrons. The summed E-state index contributed by atoms with van der Waals surface area (Å²) in [4.78, 5) is 27.4. The summed E-state index contributed by atoms with van der Waals surface area (Å²) in [7, 11) is 0. The van der Waals surface area contributed by atoms with Gasteiger partial charge >= 0.3 is 6.01 Å². The van der Waals surface area contributed by atoms with Crippen molar-refractivity contribution < 1.29 is 14.0 Å². The van der Waals surface area contributed by atoms with Crippen LogP contribution in [0.4, 0.5) is 11.7 Å². The number of carbonyl (C=O) groups excluding carboxylic acids is 2. The molecule has 1 aliphatic heterocycles. The molecule has 3 aromatic rings. The molecule has 4 rings (SSSR count). The number of rotatable bonds is 5. The average Bonchev–Trinajstić information content (AvgIpc) is 3.35. The van der Waals surface area contributed by atoms with E-state index in [2.05, 4.69) is 15.5 Å². The van der Waals surface area contributed by atoms with E-state index >= 15 is 0 Å². The summed E-state index contributed by atoms with van der Waals surface area (Å²) in [6.07, 6.45) is 2.20. The first-order valence-electron chi connectivity index (χ1n) is 8.79. The van der Waals surface area contributed by atoms with Gasteiger partial charge in [-0.05, 0) is 30.5 Å². The van der Waals surface area contributed by atoms with Crippen LogP contribution in [0.25, 0.3) is 0 Å². The predicted molar refractivity (Wildman–Crippen MR) is 107 cm³/mol. The number of para-hydroxylation sites is 1. The molecule has 142 valence electrons. The van der Waals surface area contributed by atoms with Gasteiger partial charge in [-0.15, -0.1) is 16.9 Å². The Bertz CT molecular complexity index is 1010. The van der Waals surface area contributed by atoms with Gasteiger partial charge in [0.25, 0.3) is 5.91 Å². The number of nitrogens with one attached hydrogen (secondary N) is 1. The minimum Gasteiger partial charge on any atom is -0.407 e. The third-order valence-corrected chi connectivity index (χ3v) is 5.35. The number of thioether (sulfide) groups is 1. The molecule has 28 heavy (non-hydrogen) atoms. The van der Waals surface area contributed by atoms with Crippen LogP contribution in [0.1, 0.15) is 28.6 Å². The Morgan fingerprint density at radius 1 is 1.14 bits per heavy atom. The molecule has 1 aromatic heterocycles. The van der Waals surface area contributed by atoms with Gasteiger partial charge in [0.15, 0.2) is 0 Å². The zero-order chi connectivity index (χ0) is 19.5. The van der Waals surface area contributed by atoms with Crippen molar-refractivity contribution in [1.29, 1.82) is 0 Å². The Morgan fingerprint density at radius 3 is 2.68 bits per heavy atom. The van der Waals surface area contributed by atoms with Crippen LogP contribution in [0.5, 0.6) is 0 Å². The number of hydrogen-bond acceptors (Lipinski definition) is 6. The lowest BCUT2D eigenvalue weighted by molar-refractivity contribution is -0.117. The van der Waals surface area contributed by atoms with E-state index in [0.717, 1.165) is 10.6 Å². The van der Waals surface area contributed by atoms with Gasteiger partial charge in [0.05, 0.1) is 11.5 Å². The lowest BCUT2D eigenvalue weighted by Gasteiger charge is -2.15. The van der Waals surface area contributed by atoms with Crippen LogP contribution >= 0.6 is 11.8 Å². The number of carbonyl (C=O) groups is 2. The second-order valence-electron chi connectivity index (χ2n) is 6.34. The quantitative estimate of drug-likeness (QED) is 0.666. The highest BCUT2D eigenvalue weighted by atomic mass is 32.2. The Labute approximate surface area is 166 Å². The van der Waals surface area contributed by atoms with Crippen molar-refractivity contribution in [3.63, 3.8) is 0 Å². The van der Waals surface area contributed by atoms with Gasteiger partial charge in [-0.25, -0.2) is 0 Å². The van der Waals surface area contributed by atoms with Crippen molar-refractivity contribution in [2.75, 3.05) is 23.0 Å². The van der Waals surface area contributed by atoms with E-state index in [1.54, 1.807) is 17.0 Å². The molecular weight excluding hydrogens is 376 g/mol. The molecule has 8 heteroatoms. The summed E-state index contributed by atoms with van der Waals surface area (Å²) in [5, 5.41) is 10.6. The largest absolute Gasteiger partial charge is 0.407 e. The van der Waals surface area contributed by atoms with Gasteiger partial charge in [0.1, 0.15) is 0 Å². The molecule has 2 heterocycles. The molecule has 1 atom stereocenters. The van der Waals surface area contributed by atoms with E-state index < -0.39 is 0 Å². The standard InChI is InChI=1S/C20H18N4O3S/c1-28-16-10-6-5-9-15(16)18(26)21-20-23-22-19(27-20)13-11-17(25)24(12-13)14-7-3-2-4-8-14/h2-10,13H,11-12H2,1H3,(H,21,23,26)/t13-/m0/s1. The maximum Gasteiger partial charge on any atom is 0.322 e. The molecule has 0 saturated carbocycles. The van der Waals surface area contributed by atoms with Crippen molar-refractivity contribution in [1.82, 2.24) is 10.2 Å². The monoisotopic (exact) mass is 394 g/mol. The van der Waals surface area contributed by atoms with E-state index in [0.29, 0.717) is 24.4 Å². The van der Waals surface area contributed by atoms with E-state index in [4.69, 9.17) is 4.42 Å². The highest BCUT2D eigenvalue weighted by molar-refractivity contribution is 7.98. The summed E-state index contributed by atoms with van der Waals surface area (Å²) in [6.45, 7) is 0.466. The van der Waals surface area contributed by atoms with Gasteiger partial charge in [0.2, 0.25) is 11.8 Å². The van der Waals surface area contributed by atoms with Crippen LogP contribution in [0.15, 0.2) is 63.9 Å². The topological polar surface area (TPSA) is 88.3 Å². The van der Waals surface area contributed by atoms with Crippen LogP contribution in [-0.4, -0.2) is 34.8 Å². The fourth-order valence-electron chi connectivity index (χ4n) is 3.18. The highest BCUT2D eigenvalue weighted by Crippen LogP contribution is 2.31. The van der Waals surface area contributed by atoms with E-state index in [9.17, 15) is 9.59 Å². The summed E-state index contributed by atoms with van der Waals surface area (Å²) in [5.74, 6) is -0.160. The van der Waals surface area contributed by atoms with Crippen LogP contribution in [0.3, 0.4) is 0 Å². The first-order valence-corrected chi connectivity index (χ1v) is 10.0. The first-order chi connectivity index (χ1) is 13.7. The zero-order valence-electron chi connectivity index (χ0n) is 15.2. The second-order valence-corrected chi connectivity index (χ2v) is 7.19. The number of benzene rings is 2. The van der Waals surface area contributed by atoms with Gasteiger partial charge in [-0.2, -0.15) is 0 Å². The first kappa shape index (κ1) is 18.2. The molecule has 2 amide bonds. The molecule has 2 aromatic carbocycles. The highest BCUT2D eigenvalue weighted by Gasteiger charge is 2.35. The van der Waals surface area contributed by atoms with Crippen LogP contribution in [0.2, 0.25) is 0 Å². The summed E-state index contributed by atoms with van der Waals surface area (Å²) >= 11 is 1.49. The van der Waals surface area contributed by atoms with E-state index in [1.165, 1.54) is 11.8 Å². The van der Waals surface area contributed by atoms with Crippen molar-refractivity contribution in [3.8, 4) is 0 Å². The van der Waals surface area contributed by atoms with E-state index in [-0.39, 0.29) is 23.7 Å². The molecule has 0 aliphatic carbocycles. The number of nitrogens with zero attached hydrogens (tertiary/aromatic N) is 3. The minimum absolute atomic E-state index is 0.00823. The van der Waals surface area contributed by atoms with Gasteiger partial charge < -0.3 is 9.32 Å². The van der Waals surface area contributed by atoms with Crippen molar-refractivity contribution in [2.45, 2.75) is 17.2 Å². The average molecular weight is 394 g/mol. The van der Waals surface area contributed by atoms with Gasteiger partial charge in [-0.3, -0.25) is 14.9 Å².